The molecule has 0 fully saturated rings. The van der Waals surface area contributed by atoms with Crippen LogP contribution in [-0.2, 0) is 43.3 Å². The predicted molar refractivity (Wildman–Crippen MR) is 8.54 cm³/mol. The molecule has 0 spiro atoms. The van der Waals surface area contributed by atoms with Crippen LogP contribution in [0.3, 0.4) is 0 Å². The third-order valence-corrected chi connectivity index (χ3v) is 0. The van der Waals surface area contributed by atoms with Gasteiger partial charge in [-0.2, -0.15) is 0 Å². The fourth-order valence-corrected chi connectivity index (χ4v) is 0. The Bertz CT molecular complexity index is 8.00. The fourth-order valence-electron chi connectivity index (χ4n) is 0. The quantitative estimate of drug-likeness (QED) is 0.506. The Balaban J connectivity index is 0. The van der Waals surface area contributed by atoms with Crippen molar-refractivity contribution in [1.29, 1.82) is 0 Å². The maximum absolute atomic E-state index is 0. The van der Waals surface area contributed by atoms with E-state index in [4.69, 9.17) is 0 Å². The second-order valence-electron chi connectivity index (χ2n) is 0. The summed E-state index contributed by atoms with van der Waals surface area (Å²) in [7, 11) is 0. The Labute approximate surface area is 105 Å². The van der Waals surface area contributed by atoms with Crippen LogP contribution in [-0.4, -0.2) is 23.1 Å². The molecule has 4 heavy (non-hydrogen) atoms. The largest absolute Gasteiger partial charge is 0.316 e. The molecule has 0 aliphatic rings. The van der Waals surface area contributed by atoms with Crippen LogP contribution < -0.4 is 0 Å². The molecule has 0 atom stereocenters. The molecule has 0 aromatic carbocycles. The van der Waals surface area contributed by atoms with E-state index in [9.17, 15) is 0 Å². The molecule has 0 aromatic heterocycles. The molecular formula is H2CeCuMgZr. The summed E-state index contributed by atoms with van der Waals surface area (Å²) >= 11 is 0. The molecule has 0 rings (SSSR count). The van der Waals surface area contributed by atoms with Gasteiger partial charge in [-0.1, -0.05) is 0 Å². The molecule has 0 saturated carbocycles. The average molecular weight is 321 g/mol. The Morgan fingerprint density at radius 3 is 1.00 bits per heavy atom. The van der Waals surface area contributed by atoms with Gasteiger partial charge >= 0.3 is 23.1 Å². The molecule has 1 radical (unpaired) electrons. The number of hydrogen-bond donors (Lipinski definition) is 0. The molecule has 0 unspecified atom stereocenters. The van der Waals surface area contributed by atoms with E-state index in [-0.39, 0.29) is 108 Å². The molecule has 0 saturated heterocycles. The molecule has 0 N–H and O–H groups in total. The first-order valence-electron chi connectivity index (χ1n) is 0. The van der Waals surface area contributed by atoms with E-state index in [2.05, 4.69) is 0 Å². The van der Waals surface area contributed by atoms with Crippen LogP contribution in [0.15, 0.2) is 0 Å². The summed E-state index contributed by atoms with van der Waals surface area (Å²) in [5.74, 6) is 0. The monoisotopic (exact) mass is 319 g/mol. The topological polar surface area (TPSA) is 0 Å². The van der Waals surface area contributed by atoms with Gasteiger partial charge in [0.15, 0.2) is 0 Å². The van der Waals surface area contributed by atoms with Crippen LogP contribution >= 0.6 is 0 Å². The zero-order chi connectivity index (χ0) is 0. The van der Waals surface area contributed by atoms with Crippen LogP contribution in [0.1, 0.15) is 0 Å². The summed E-state index contributed by atoms with van der Waals surface area (Å²) in [4.78, 5) is 0. The predicted octanol–water partition coefficient (Wildman–Crippen LogP) is -0.921. The Morgan fingerprint density at radius 2 is 1.00 bits per heavy atom. The average Bonchev–Trinajstić information content (AvgIpc) is 0. The van der Waals surface area contributed by atoms with Crippen molar-refractivity contribution in [2.75, 3.05) is 0 Å². The molecule has 0 aliphatic carbocycles. The smallest absolute Gasteiger partial charge is 0 e. The van der Waals surface area contributed by atoms with Gasteiger partial charge in [0, 0.05) is 85.0 Å². The second kappa shape index (κ2) is 16.0. The number of rotatable bonds is 0. The maximum Gasteiger partial charge on any atom is 0.316 e. The van der Waals surface area contributed by atoms with Crippen molar-refractivity contribution in [2.24, 2.45) is 0 Å². The van der Waals surface area contributed by atoms with Gasteiger partial charge in [0.1, 0.15) is 0 Å². The Morgan fingerprint density at radius 1 is 1.00 bits per heavy atom. The van der Waals surface area contributed by atoms with Crippen LogP contribution in [0.2, 0.25) is 0 Å². The van der Waals surface area contributed by atoms with Gasteiger partial charge in [0.2, 0.25) is 0 Å². The molecule has 23 valence electrons. The molecule has 0 heterocycles. The van der Waals surface area contributed by atoms with Crippen molar-refractivity contribution in [1.82, 2.24) is 0 Å². The summed E-state index contributed by atoms with van der Waals surface area (Å²) in [6, 6.07) is 0. The van der Waals surface area contributed by atoms with E-state index in [1.165, 1.54) is 0 Å². The SMILES string of the molecule is [Ce].[Cu].[MgH2].[Zr]. The summed E-state index contributed by atoms with van der Waals surface area (Å²) in [6.45, 7) is 0. The van der Waals surface area contributed by atoms with Crippen LogP contribution in [0.5, 0.6) is 0 Å². The van der Waals surface area contributed by atoms with Crippen LogP contribution in [0.4, 0.5) is 0 Å². The molecule has 0 aromatic rings. The van der Waals surface area contributed by atoms with Crippen molar-refractivity contribution >= 4 is 23.1 Å². The van der Waals surface area contributed by atoms with Crippen molar-refractivity contribution in [3.8, 4) is 0 Å². The summed E-state index contributed by atoms with van der Waals surface area (Å²) in [5, 5.41) is 0. The molecule has 0 nitrogen and oxygen atoms in total. The minimum atomic E-state index is 0. The molecule has 0 amide bonds. The first-order chi connectivity index (χ1) is 0. The van der Waals surface area contributed by atoms with Crippen molar-refractivity contribution in [2.45, 2.75) is 0 Å². The minimum absolute atomic E-state index is 0. The van der Waals surface area contributed by atoms with Gasteiger partial charge in [-0.25, -0.2) is 0 Å². The molecule has 0 bridgehead atoms. The number of hydrogen-bond acceptors (Lipinski definition) is 0. The van der Waals surface area contributed by atoms with Crippen LogP contribution in [0, 0.1) is 41.7 Å². The summed E-state index contributed by atoms with van der Waals surface area (Å²) < 4.78 is 0. The Hall–Kier alpha value is 3.55. The van der Waals surface area contributed by atoms with Gasteiger partial charge < -0.3 is 0 Å². The van der Waals surface area contributed by atoms with E-state index in [1.807, 2.05) is 0 Å². The van der Waals surface area contributed by atoms with Crippen molar-refractivity contribution < 1.29 is 85.0 Å². The summed E-state index contributed by atoms with van der Waals surface area (Å²) in [6.07, 6.45) is 0. The second-order valence-corrected chi connectivity index (χ2v) is 0. The zero-order valence-corrected chi connectivity index (χ0v) is 7.84. The third-order valence-electron chi connectivity index (χ3n) is 0. The van der Waals surface area contributed by atoms with E-state index < -0.39 is 0 Å². The standard InChI is InChI=1S/Ce.Cu.Mg.Zr.2H. The van der Waals surface area contributed by atoms with Gasteiger partial charge in [-0.05, 0) is 0 Å². The van der Waals surface area contributed by atoms with Gasteiger partial charge in [-0.15, -0.1) is 0 Å². The summed E-state index contributed by atoms with van der Waals surface area (Å²) in [5.41, 5.74) is 0. The van der Waals surface area contributed by atoms with Gasteiger partial charge in [0.25, 0.3) is 0 Å². The maximum atomic E-state index is 0. The molecule has 0 aliphatic heterocycles. The van der Waals surface area contributed by atoms with E-state index in [0.29, 0.717) is 0 Å². The van der Waals surface area contributed by atoms with Gasteiger partial charge in [0.05, 0.1) is 0 Å². The first kappa shape index (κ1) is 25.7. The third kappa shape index (κ3) is 9.11. The fraction of sp³-hybridized carbons (Fsp3) is 0. The van der Waals surface area contributed by atoms with E-state index >= 15 is 0 Å². The van der Waals surface area contributed by atoms with Crippen molar-refractivity contribution in [3.05, 3.63) is 0 Å². The Kier molecular flexibility index (Phi) is 103. The molecule has 4 heteroatoms. The minimum Gasteiger partial charge on any atom is 0 e. The van der Waals surface area contributed by atoms with E-state index in [1.54, 1.807) is 0 Å². The van der Waals surface area contributed by atoms with Crippen LogP contribution in [0.25, 0.3) is 0 Å². The normalized spacial score (nSPS) is 0. The van der Waals surface area contributed by atoms with Crippen molar-refractivity contribution in [3.63, 3.8) is 0 Å². The zero-order valence-electron chi connectivity index (χ0n) is 1.30. The van der Waals surface area contributed by atoms with E-state index in [0.717, 1.165) is 0 Å². The first-order valence-corrected chi connectivity index (χ1v) is 0. The molecular weight excluding hydrogens is 319 g/mol. The van der Waals surface area contributed by atoms with Gasteiger partial charge in [-0.3, -0.25) is 0 Å².